The van der Waals surface area contributed by atoms with Gasteiger partial charge in [0.2, 0.25) is 0 Å². The summed E-state index contributed by atoms with van der Waals surface area (Å²) in [6.45, 7) is 5.88. The van der Waals surface area contributed by atoms with Crippen molar-refractivity contribution in [2.45, 2.75) is 20.8 Å². The Hall–Kier alpha value is -2.24. The molecule has 0 bridgehead atoms. The minimum atomic E-state index is -0.631. The smallest absolute Gasteiger partial charge is 0.414 e. The van der Waals surface area contributed by atoms with E-state index in [1.165, 1.54) is 7.11 Å². The molecule has 1 heterocycles. The maximum atomic E-state index is 11.0. The van der Waals surface area contributed by atoms with Gasteiger partial charge in [0.05, 0.1) is 14.2 Å². The molecule has 0 aliphatic carbocycles. The maximum absolute atomic E-state index is 11.0. The van der Waals surface area contributed by atoms with Crippen molar-refractivity contribution in [3.05, 3.63) is 17.7 Å². The molecule has 0 spiro atoms. The summed E-state index contributed by atoms with van der Waals surface area (Å²) in [5.74, 6) is 0.590. The number of carbonyl (C=O) groups is 1. The monoisotopic (exact) mass is 266 g/mol. The number of ether oxygens (including phenoxy) is 2. The van der Waals surface area contributed by atoms with Crippen LogP contribution in [0.1, 0.15) is 19.4 Å². The van der Waals surface area contributed by atoms with Crippen LogP contribution >= 0.6 is 0 Å². The first-order chi connectivity index (χ1) is 9.15. The van der Waals surface area contributed by atoms with E-state index in [0.717, 1.165) is 5.56 Å². The van der Waals surface area contributed by atoms with Crippen LogP contribution in [0.4, 0.5) is 10.8 Å². The number of anilines is 1. The van der Waals surface area contributed by atoms with Gasteiger partial charge >= 0.3 is 12.1 Å². The lowest BCUT2D eigenvalue weighted by molar-refractivity contribution is 0.186. The fourth-order valence-corrected chi connectivity index (χ4v) is 1.47. The van der Waals surface area contributed by atoms with Crippen molar-refractivity contribution >= 4 is 23.2 Å². The third kappa shape index (κ3) is 3.15. The van der Waals surface area contributed by atoms with Crippen LogP contribution in [0.15, 0.2) is 16.5 Å². The van der Waals surface area contributed by atoms with Crippen LogP contribution in [0.25, 0.3) is 11.1 Å². The van der Waals surface area contributed by atoms with Gasteiger partial charge in [-0.1, -0.05) is 19.9 Å². The third-order valence-corrected chi connectivity index (χ3v) is 2.32. The van der Waals surface area contributed by atoms with Crippen LogP contribution in [-0.4, -0.2) is 25.3 Å². The quantitative estimate of drug-likeness (QED) is 0.902. The summed E-state index contributed by atoms with van der Waals surface area (Å²) in [6, 6.07) is 3.73. The van der Waals surface area contributed by atoms with E-state index in [-0.39, 0.29) is 6.01 Å². The molecule has 1 aromatic heterocycles. The number of aromatic nitrogens is 1. The van der Waals surface area contributed by atoms with Crippen molar-refractivity contribution in [3.8, 4) is 5.75 Å². The molecule has 0 aliphatic rings. The molecule has 0 aliphatic heterocycles. The van der Waals surface area contributed by atoms with Crippen LogP contribution in [0, 0.1) is 6.92 Å². The van der Waals surface area contributed by atoms with Gasteiger partial charge in [0.1, 0.15) is 5.75 Å². The zero-order valence-electron chi connectivity index (χ0n) is 11.7. The zero-order valence-corrected chi connectivity index (χ0v) is 11.7. The molecule has 0 atom stereocenters. The molecule has 104 valence electrons. The van der Waals surface area contributed by atoms with Crippen molar-refractivity contribution in [2.24, 2.45) is 0 Å². The Morgan fingerprint density at radius 2 is 2.00 bits per heavy atom. The highest BCUT2D eigenvalue weighted by Gasteiger charge is 2.14. The standard InChI is InChI=1S/C11H12N2O4.C2H6/c1-6-4-5-7(15-2)8-9(6)17-10(12-8)13-11(14)16-3;1-2/h4-5H,1-3H3,(H,12,13,14);1-2H3. The molecule has 6 nitrogen and oxygen atoms in total. The number of methoxy groups -OCH3 is 2. The van der Waals surface area contributed by atoms with E-state index < -0.39 is 6.09 Å². The molecular formula is C13H18N2O4. The van der Waals surface area contributed by atoms with E-state index in [9.17, 15) is 4.79 Å². The number of rotatable bonds is 2. The predicted molar refractivity (Wildman–Crippen MR) is 72.7 cm³/mol. The average molecular weight is 266 g/mol. The first-order valence-corrected chi connectivity index (χ1v) is 5.95. The number of benzene rings is 1. The van der Waals surface area contributed by atoms with Crippen LogP contribution in [-0.2, 0) is 4.74 Å². The molecule has 0 saturated carbocycles. The highest BCUT2D eigenvalue weighted by molar-refractivity contribution is 5.87. The van der Waals surface area contributed by atoms with Crippen molar-refractivity contribution in [1.29, 1.82) is 0 Å². The number of hydrogen-bond acceptors (Lipinski definition) is 5. The molecule has 2 aromatic rings. The fraction of sp³-hybridized carbons (Fsp3) is 0.385. The minimum Gasteiger partial charge on any atom is -0.494 e. The van der Waals surface area contributed by atoms with E-state index in [0.29, 0.717) is 16.8 Å². The van der Waals surface area contributed by atoms with Gasteiger partial charge < -0.3 is 13.9 Å². The van der Waals surface area contributed by atoms with Gasteiger partial charge in [-0.3, -0.25) is 0 Å². The molecule has 0 radical (unpaired) electrons. The van der Waals surface area contributed by atoms with Gasteiger partial charge in [0.25, 0.3) is 0 Å². The molecule has 2 rings (SSSR count). The summed E-state index contributed by atoms with van der Waals surface area (Å²) in [5, 5.41) is 2.37. The number of hydrogen-bond donors (Lipinski definition) is 1. The Morgan fingerprint density at radius 1 is 1.32 bits per heavy atom. The molecule has 1 aromatic carbocycles. The molecule has 1 N–H and O–H groups in total. The van der Waals surface area contributed by atoms with Crippen molar-refractivity contribution in [3.63, 3.8) is 0 Å². The van der Waals surface area contributed by atoms with E-state index in [1.807, 2.05) is 26.8 Å². The van der Waals surface area contributed by atoms with Crippen LogP contribution in [0.3, 0.4) is 0 Å². The highest BCUT2D eigenvalue weighted by Crippen LogP contribution is 2.30. The fourth-order valence-electron chi connectivity index (χ4n) is 1.47. The number of fused-ring (bicyclic) bond motifs is 1. The first kappa shape index (κ1) is 14.8. The van der Waals surface area contributed by atoms with Gasteiger partial charge in [-0.25, -0.2) is 10.1 Å². The average Bonchev–Trinajstić information content (AvgIpc) is 2.86. The van der Waals surface area contributed by atoms with Crippen LogP contribution < -0.4 is 10.1 Å². The molecule has 6 heteroatoms. The summed E-state index contributed by atoms with van der Waals surface area (Å²) in [5.41, 5.74) is 2.06. The second-order valence-corrected chi connectivity index (χ2v) is 3.40. The Labute approximate surface area is 111 Å². The van der Waals surface area contributed by atoms with E-state index >= 15 is 0 Å². The second kappa shape index (κ2) is 6.63. The van der Waals surface area contributed by atoms with Gasteiger partial charge in [0.15, 0.2) is 11.1 Å². The van der Waals surface area contributed by atoms with E-state index in [2.05, 4.69) is 15.0 Å². The molecular weight excluding hydrogens is 248 g/mol. The topological polar surface area (TPSA) is 73.6 Å². The number of carbonyl (C=O) groups excluding carboxylic acids is 1. The first-order valence-electron chi connectivity index (χ1n) is 5.95. The van der Waals surface area contributed by atoms with Gasteiger partial charge in [-0.15, -0.1) is 0 Å². The number of amides is 1. The van der Waals surface area contributed by atoms with Crippen molar-refractivity contribution in [2.75, 3.05) is 19.5 Å². The summed E-state index contributed by atoms with van der Waals surface area (Å²) < 4.78 is 15.0. The zero-order chi connectivity index (χ0) is 14.4. The predicted octanol–water partition coefficient (Wildman–Crippen LogP) is 3.35. The summed E-state index contributed by atoms with van der Waals surface area (Å²) in [4.78, 5) is 15.2. The third-order valence-electron chi connectivity index (χ3n) is 2.32. The normalized spacial score (nSPS) is 9.53. The van der Waals surface area contributed by atoms with E-state index in [4.69, 9.17) is 9.15 Å². The van der Waals surface area contributed by atoms with Gasteiger partial charge in [0, 0.05) is 0 Å². The molecule has 1 amide bonds. The Morgan fingerprint density at radius 3 is 2.58 bits per heavy atom. The Kier molecular flexibility index (Phi) is 5.17. The van der Waals surface area contributed by atoms with Gasteiger partial charge in [-0.2, -0.15) is 4.98 Å². The number of nitrogens with zero attached hydrogens (tertiary/aromatic N) is 1. The highest BCUT2D eigenvalue weighted by atomic mass is 16.5. The summed E-state index contributed by atoms with van der Waals surface area (Å²) in [7, 11) is 2.82. The van der Waals surface area contributed by atoms with Crippen LogP contribution in [0.5, 0.6) is 5.75 Å². The minimum absolute atomic E-state index is 0.0828. The largest absolute Gasteiger partial charge is 0.494 e. The molecule has 0 saturated heterocycles. The van der Waals surface area contributed by atoms with E-state index in [1.54, 1.807) is 13.2 Å². The van der Waals surface area contributed by atoms with Gasteiger partial charge in [-0.05, 0) is 18.6 Å². The lowest BCUT2D eigenvalue weighted by Crippen LogP contribution is -2.10. The number of nitrogens with one attached hydrogen (secondary N) is 1. The molecule has 19 heavy (non-hydrogen) atoms. The van der Waals surface area contributed by atoms with Crippen molar-refractivity contribution in [1.82, 2.24) is 4.98 Å². The van der Waals surface area contributed by atoms with Crippen molar-refractivity contribution < 1.29 is 18.7 Å². The lowest BCUT2D eigenvalue weighted by Gasteiger charge is -1.99. The summed E-state index contributed by atoms with van der Waals surface area (Å²) in [6.07, 6.45) is -0.631. The number of oxazole rings is 1. The molecule has 0 unspecified atom stereocenters. The molecule has 0 fully saturated rings. The maximum Gasteiger partial charge on any atom is 0.414 e. The van der Waals surface area contributed by atoms with Crippen LogP contribution in [0.2, 0.25) is 0 Å². The number of aryl methyl sites for hydroxylation is 1. The lowest BCUT2D eigenvalue weighted by atomic mass is 10.2. The SMILES string of the molecule is CC.COC(=O)Nc1nc2c(OC)ccc(C)c2o1. The Balaban J connectivity index is 0.000000861. The second-order valence-electron chi connectivity index (χ2n) is 3.40. The summed E-state index contributed by atoms with van der Waals surface area (Å²) >= 11 is 0. The Bertz CT molecular complexity index is 563.